The predicted octanol–water partition coefficient (Wildman–Crippen LogP) is 3.09. The second kappa shape index (κ2) is 7.47. The molecule has 5 nitrogen and oxygen atoms in total. The van der Waals surface area contributed by atoms with Crippen molar-refractivity contribution in [3.05, 3.63) is 41.7 Å². The van der Waals surface area contributed by atoms with E-state index in [1.54, 1.807) is 6.20 Å². The Hall–Kier alpha value is -1.79. The zero-order valence-corrected chi connectivity index (χ0v) is 13.3. The summed E-state index contributed by atoms with van der Waals surface area (Å²) in [5.41, 5.74) is 1.11. The topological polar surface area (TPSA) is 58.1 Å². The first kappa shape index (κ1) is 15.1. The Morgan fingerprint density at radius 1 is 1.32 bits per heavy atom. The lowest BCUT2D eigenvalue weighted by molar-refractivity contribution is -0.116. The van der Waals surface area contributed by atoms with Crippen LogP contribution in [-0.4, -0.2) is 33.9 Å². The van der Waals surface area contributed by atoms with Crippen LogP contribution in [0.1, 0.15) is 37.4 Å². The highest BCUT2D eigenvalue weighted by Gasteiger charge is 2.25. The van der Waals surface area contributed by atoms with Crippen molar-refractivity contribution in [2.45, 2.75) is 31.7 Å². The van der Waals surface area contributed by atoms with Crippen LogP contribution in [0.5, 0.6) is 0 Å². The molecule has 0 bridgehead atoms. The van der Waals surface area contributed by atoms with E-state index in [1.807, 2.05) is 23.7 Å². The van der Waals surface area contributed by atoms with Crippen LogP contribution in [0.15, 0.2) is 36.0 Å². The van der Waals surface area contributed by atoms with Gasteiger partial charge in [-0.05, 0) is 31.5 Å². The summed E-state index contributed by atoms with van der Waals surface area (Å²) >= 11 is 1.44. The molecule has 1 fully saturated rings. The van der Waals surface area contributed by atoms with Crippen LogP contribution < -0.4 is 5.32 Å². The fourth-order valence-electron chi connectivity index (χ4n) is 2.88. The number of carbonyl (C=O) groups excluding carboxylic acids is 1. The number of pyridine rings is 1. The Balaban J connectivity index is 1.56. The third kappa shape index (κ3) is 3.90. The summed E-state index contributed by atoms with van der Waals surface area (Å²) in [5.74, 6) is 0.0281. The molecular weight excluding hydrogens is 296 g/mol. The smallest absolute Gasteiger partial charge is 0.227 e. The van der Waals surface area contributed by atoms with Crippen LogP contribution in [0.2, 0.25) is 0 Å². The van der Waals surface area contributed by atoms with Crippen molar-refractivity contribution < 1.29 is 4.79 Å². The van der Waals surface area contributed by atoms with Gasteiger partial charge in [-0.2, -0.15) is 0 Å². The van der Waals surface area contributed by atoms with Crippen LogP contribution in [0.4, 0.5) is 5.13 Å². The van der Waals surface area contributed by atoms with Gasteiger partial charge in [-0.15, -0.1) is 11.3 Å². The number of carbonyl (C=O) groups is 1. The van der Waals surface area contributed by atoms with Gasteiger partial charge in [-0.25, -0.2) is 4.98 Å². The van der Waals surface area contributed by atoms with Crippen molar-refractivity contribution in [1.82, 2.24) is 14.9 Å². The molecule has 1 aliphatic heterocycles. The SMILES string of the molecule is O=C(CCN1CCCC[C@H]1c1ccccn1)Nc1nccs1. The molecule has 3 heterocycles. The standard InChI is InChI=1S/C16H20N4OS/c21-15(19-16-18-9-12-22-16)7-11-20-10-4-2-6-14(20)13-5-1-3-8-17-13/h1,3,5,8-9,12,14H,2,4,6-7,10-11H2,(H,18,19,21)/t14-/m0/s1. The summed E-state index contributed by atoms with van der Waals surface area (Å²) in [6.45, 7) is 1.80. The number of likely N-dealkylation sites (tertiary alicyclic amines) is 1. The molecule has 2 aromatic rings. The van der Waals surface area contributed by atoms with Gasteiger partial charge >= 0.3 is 0 Å². The van der Waals surface area contributed by atoms with E-state index in [2.05, 4.69) is 26.3 Å². The molecule has 3 rings (SSSR count). The van der Waals surface area contributed by atoms with E-state index in [9.17, 15) is 4.79 Å². The molecule has 0 spiro atoms. The first-order chi connectivity index (χ1) is 10.8. The van der Waals surface area contributed by atoms with Gasteiger partial charge in [0.1, 0.15) is 0 Å². The molecule has 2 aromatic heterocycles. The Labute approximate surface area is 134 Å². The van der Waals surface area contributed by atoms with Crippen LogP contribution in [0, 0.1) is 0 Å². The highest BCUT2D eigenvalue weighted by atomic mass is 32.1. The number of anilines is 1. The molecule has 0 radical (unpaired) electrons. The number of rotatable bonds is 5. The van der Waals surface area contributed by atoms with Gasteiger partial charge in [0.2, 0.25) is 5.91 Å². The maximum Gasteiger partial charge on any atom is 0.227 e. The Morgan fingerprint density at radius 3 is 3.05 bits per heavy atom. The molecule has 1 atom stereocenters. The van der Waals surface area contributed by atoms with Gasteiger partial charge in [-0.3, -0.25) is 14.7 Å². The zero-order valence-electron chi connectivity index (χ0n) is 12.4. The largest absolute Gasteiger partial charge is 0.302 e. The van der Waals surface area contributed by atoms with E-state index < -0.39 is 0 Å². The fourth-order valence-corrected chi connectivity index (χ4v) is 3.42. The molecule has 1 amide bonds. The molecule has 0 unspecified atom stereocenters. The molecule has 116 valence electrons. The molecule has 0 saturated carbocycles. The molecular formula is C16H20N4OS. The molecule has 6 heteroatoms. The third-order valence-electron chi connectivity index (χ3n) is 3.95. The summed E-state index contributed by atoms with van der Waals surface area (Å²) in [6, 6.07) is 6.39. The Kier molecular flexibility index (Phi) is 5.13. The van der Waals surface area contributed by atoms with Crippen molar-refractivity contribution in [3.63, 3.8) is 0 Å². The van der Waals surface area contributed by atoms with Gasteiger partial charge < -0.3 is 5.32 Å². The first-order valence-corrected chi connectivity index (χ1v) is 8.55. The zero-order chi connectivity index (χ0) is 15.2. The van der Waals surface area contributed by atoms with E-state index in [1.165, 1.54) is 24.2 Å². The molecule has 1 aliphatic rings. The van der Waals surface area contributed by atoms with Gasteiger partial charge in [-0.1, -0.05) is 12.5 Å². The minimum Gasteiger partial charge on any atom is -0.302 e. The number of piperidine rings is 1. The molecule has 1 saturated heterocycles. The van der Waals surface area contributed by atoms with E-state index in [0.29, 0.717) is 17.6 Å². The average Bonchev–Trinajstić information content (AvgIpc) is 3.07. The highest BCUT2D eigenvalue weighted by Crippen LogP contribution is 2.29. The lowest BCUT2D eigenvalue weighted by Gasteiger charge is -2.35. The van der Waals surface area contributed by atoms with Crippen molar-refractivity contribution >= 4 is 22.4 Å². The Bertz CT molecular complexity index is 587. The van der Waals surface area contributed by atoms with E-state index in [4.69, 9.17) is 0 Å². The Morgan fingerprint density at radius 2 is 2.27 bits per heavy atom. The molecule has 0 aliphatic carbocycles. The monoisotopic (exact) mass is 316 g/mol. The van der Waals surface area contributed by atoms with Crippen LogP contribution in [0.3, 0.4) is 0 Å². The molecule has 0 aromatic carbocycles. The lowest BCUT2D eigenvalue weighted by Crippen LogP contribution is -2.36. The summed E-state index contributed by atoms with van der Waals surface area (Å²) in [4.78, 5) is 23.0. The highest BCUT2D eigenvalue weighted by molar-refractivity contribution is 7.13. The maximum atomic E-state index is 12.0. The summed E-state index contributed by atoms with van der Waals surface area (Å²) in [5, 5.41) is 5.37. The van der Waals surface area contributed by atoms with Gasteiger partial charge in [0.25, 0.3) is 0 Å². The van der Waals surface area contributed by atoms with Gasteiger partial charge in [0.15, 0.2) is 5.13 Å². The fraction of sp³-hybridized carbons (Fsp3) is 0.438. The third-order valence-corrected chi connectivity index (χ3v) is 4.64. The number of nitrogens with one attached hydrogen (secondary N) is 1. The van der Waals surface area contributed by atoms with Crippen molar-refractivity contribution in [1.29, 1.82) is 0 Å². The number of hydrogen-bond acceptors (Lipinski definition) is 5. The maximum absolute atomic E-state index is 12.0. The first-order valence-electron chi connectivity index (χ1n) is 7.67. The average molecular weight is 316 g/mol. The second-order valence-electron chi connectivity index (χ2n) is 5.44. The van der Waals surface area contributed by atoms with E-state index >= 15 is 0 Å². The summed E-state index contributed by atoms with van der Waals surface area (Å²) in [6.07, 6.45) is 7.56. The number of aromatic nitrogens is 2. The van der Waals surface area contributed by atoms with E-state index in [-0.39, 0.29) is 5.91 Å². The lowest BCUT2D eigenvalue weighted by atomic mass is 9.98. The number of hydrogen-bond donors (Lipinski definition) is 1. The second-order valence-corrected chi connectivity index (χ2v) is 6.33. The number of nitrogens with zero attached hydrogens (tertiary/aromatic N) is 3. The normalized spacial score (nSPS) is 19.0. The quantitative estimate of drug-likeness (QED) is 0.921. The van der Waals surface area contributed by atoms with Gasteiger partial charge in [0.05, 0.1) is 11.7 Å². The number of amides is 1. The number of thiazole rings is 1. The van der Waals surface area contributed by atoms with Crippen LogP contribution in [-0.2, 0) is 4.79 Å². The minimum atomic E-state index is 0.0281. The summed E-state index contributed by atoms with van der Waals surface area (Å²) in [7, 11) is 0. The molecule has 1 N–H and O–H groups in total. The summed E-state index contributed by atoms with van der Waals surface area (Å²) < 4.78 is 0. The minimum absolute atomic E-state index is 0.0281. The van der Waals surface area contributed by atoms with Crippen LogP contribution >= 0.6 is 11.3 Å². The van der Waals surface area contributed by atoms with Crippen molar-refractivity contribution in [2.24, 2.45) is 0 Å². The van der Waals surface area contributed by atoms with E-state index in [0.717, 1.165) is 25.2 Å². The predicted molar refractivity (Wildman–Crippen MR) is 87.8 cm³/mol. The van der Waals surface area contributed by atoms with Crippen LogP contribution in [0.25, 0.3) is 0 Å². The molecule has 22 heavy (non-hydrogen) atoms. The van der Waals surface area contributed by atoms with Crippen molar-refractivity contribution in [3.8, 4) is 0 Å². The van der Waals surface area contributed by atoms with Gasteiger partial charge in [0, 0.05) is 30.7 Å². The van der Waals surface area contributed by atoms with Crippen molar-refractivity contribution in [2.75, 3.05) is 18.4 Å².